The zero-order valence-electron chi connectivity index (χ0n) is 20.3. The molecule has 6 heteroatoms. The lowest BCUT2D eigenvalue weighted by molar-refractivity contribution is 0.00958. The lowest BCUT2D eigenvalue weighted by Crippen LogP contribution is -2.42. The Balaban J connectivity index is 1.49. The van der Waals surface area contributed by atoms with Gasteiger partial charge in [-0.05, 0) is 89.3 Å². The van der Waals surface area contributed by atoms with Crippen molar-refractivity contribution < 1.29 is 9.53 Å². The van der Waals surface area contributed by atoms with Gasteiger partial charge in [0.05, 0.1) is 17.8 Å². The van der Waals surface area contributed by atoms with E-state index >= 15 is 0 Å². The Morgan fingerprint density at radius 2 is 1.88 bits per heavy atom. The van der Waals surface area contributed by atoms with Crippen LogP contribution in [0.2, 0.25) is 0 Å². The third-order valence-corrected chi connectivity index (χ3v) is 7.38. The number of hydrogen-bond acceptors (Lipinski definition) is 4. The normalized spacial score (nSPS) is 25.6. The van der Waals surface area contributed by atoms with Crippen molar-refractivity contribution in [2.75, 3.05) is 13.1 Å². The molecule has 5 rings (SSSR count). The van der Waals surface area contributed by atoms with Gasteiger partial charge in [0.25, 0.3) is 0 Å². The molecule has 1 saturated heterocycles. The number of amides is 1. The van der Waals surface area contributed by atoms with Gasteiger partial charge in [0.15, 0.2) is 0 Å². The highest BCUT2D eigenvalue weighted by Crippen LogP contribution is 2.47. The van der Waals surface area contributed by atoms with Crippen LogP contribution in [0.1, 0.15) is 95.0 Å². The number of rotatable bonds is 5. The fourth-order valence-electron chi connectivity index (χ4n) is 5.39. The molecule has 2 heterocycles. The topological polar surface area (TPSA) is 73.4 Å². The molecule has 1 aliphatic heterocycles. The van der Waals surface area contributed by atoms with E-state index in [9.17, 15) is 4.79 Å². The fourth-order valence-corrected chi connectivity index (χ4v) is 5.39. The first kappa shape index (κ1) is 22.5. The van der Waals surface area contributed by atoms with E-state index in [0.29, 0.717) is 17.9 Å². The smallest absolute Gasteiger partial charge is 0.410 e. The second-order valence-electron chi connectivity index (χ2n) is 11.2. The molecule has 1 aromatic carbocycles. The number of ether oxygens (including phenoxy) is 1. The minimum absolute atomic E-state index is 0.0329. The lowest BCUT2D eigenvalue weighted by Gasteiger charge is -2.37. The number of likely N-dealkylation sites (tertiary alicyclic amines) is 1. The van der Waals surface area contributed by atoms with Crippen LogP contribution in [0.15, 0.2) is 30.5 Å². The average Bonchev–Trinajstić information content (AvgIpc) is 3.51. The highest BCUT2D eigenvalue weighted by molar-refractivity contribution is 5.73. The van der Waals surface area contributed by atoms with Crippen molar-refractivity contribution in [3.05, 3.63) is 41.7 Å². The molecule has 2 N–H and O–H groups in total. The summed E-state index contributed by atoms with van der Waals surface area (Å²) in [6.45, 7) is 7.31. The molecule has 33 heavy (non-hydrogen) atoms. The summed E-state index contributed by atoms with van der Waals surface area (Å²) in [6.07, 6.45) is 9.85. The molecule has 1 unspecified atom stereocenters. The highest BCUT2D eigenvalue weighted by Gasteiger charge is 2.37. The zero-order valence-corrected chi connectivity index (χ0v) is 20.3. The van der Waals surface area contributed by atoms with Crippen LogP contribution in [-0.4, -0.2) is 39.5 Å². The van der Waals surface area contributed by atoms with Crippen LogP contribution in [0.25, 0.3) is 11.1 Å². The molecular formula is C27H38N4O2. The van der Waals surface area contributed by atoms with Gasteiger partial charge in [0, 0.05) is 24.2 Å². The third-order valence-electron chi connectivity index (χ3n) is 7.38. The third kappa shape index (κ3) is 4.68. The molecule has 0 bridgehead atoms. The summed E-state index contributed by atoms with van der Waals surface area (Å²) in [5.41, 5.74) is 10.3. The van der Waals surface area contributed by atoms with Crippen LogP contribution in [0.3, 0.4) is 0 Å². The molecule has 2 aromatic rings. The van der Waals surface area contributed by atoms with Gasteiger partial charge in [0.1, 0.15) is 5.60 Å². The monoisotopic (exact) mass is 450 g/mol. The quantitative estimate of drug-likeness (QED) is 0.625. The molecule has 6 nitrogen and oxygen atoms in total. The Labute approximate surface area is 197 Å². The first-order valence-corrected chi connectivity index (χ1v) is 12.7. The van der Waals surface area contributed by atoms with Gasteiger partial charge < -0.3 is 15.4 Å². The highest BCUT2D eigenvalue weighted by atomic mass is 16.6. The minimum atomic E-state index is -0.497. The van der Waals surface area contributed by atoms with Crippen LogP contribution >= 0.6 is 0 Å². The number of nitrogens with two attached hydrogens (primary N) is 1. The summed E-state index contributed by atoms with van der Waals surface area (Å²) in [4.78, 5) is 15.1. The summed E-state index contributed by atoms with van der Waals surface area (Å²) in [5.74, 6) is 1.19. The second-order valence-corrected chi connectivity index (χ2v) is 11.2. The maximum atomic E-state index is 13.1. The van der Waals surface area contributed by atoms with Gasteiger partial charge in [0.2, 0.25) is 0 Å². The molecule has 2 saturated carbocycles. The molecule has 2 aliphatic carbocycles. The molecule has 178 valence electrons. The fraction of sp³-hybridized carbons (Fsp3) is 0.630. The number of carbonyl (C=O) groups excluding carboxylic acids is 1. The van der Waals surface area contributed by atoms with E-state index < -0.39 is 5.60 Å². The van der Waals surface area contributed by atoms with Crippen molar-refractivity contribution in [2.45, 2.75) is 89.3 Å². The van der Waals surface area contributed by atoms with Crippen LogP contribution in [0.5, 0.6) is 0 Å². The Morgan fingerprint density at radius 1 is 1.12 bits per heavy atom. The lowest BCUT2D eigenvalue weighted by atomic mass is 9.80. The first-order valence-electron chi connectivity index (χ1n) is 12.7. The Hall–Kier alpha value is -2.34. The summed E-state index contributed by atoms with van der Waals surface area (Å²) in [5, 5.41) is 5.10. The first-order chi connectivity index (χ1) is 15.8. The molecule has 1 amide bonds. The van der Waals surface area contributed by atoms with E-state index in [-0.39, 0.29) is 12.1 Å². The van der Waals surface area contributed by atoms with E-state index in [1.807, 2.05) is 25.7 Å². The van der Waals surface area contributed by atoms with Gasteiger partial charge in [-0.25, -0.2) is 4.79 Å². The van der Waals surface area contributed by atoms with E-state index in [0.717, 1.165) is 45.2 Å². The number of benzene rings is 1. The van der Waals surface area contributed by atoms with Crippen molar-refractivity contribution in [1.29, 1.82) is 0 Å². The van der Waals surface area contributed by atoms with E-state index in [1.54, 1.807) is 0 Å². The van der Waals surface area contributed by atoms with E-state index in [1.165, 1.54) is 35.2 Å². The van der Waals surface area contributed by atoms with Gasteiger partial charge in [-0.15, -0.1) is 0 Å². The molecule has 1 aromatic heterocycles. The Kier molecular flexibility index (Phi) is 5.98. The van der Waals surface area contributed by atoms with Crippen molar-refractivity contribution >= 4 is 6.09 Å². The van der Waals surface area contributed by atoms with Gasteiger partial charge >= 0.3 is 6.09 Å². The second kappa shape index (κ2) is 8.79. The van der Waals surface area contributed by atoms with Crippen LogP contribution in [0.4, 0.5) is 4.79 Å². The average molecular weight is 451 g/mol. The number of piperidine rings is 1. The Morgan fingerprint density at radius 3 is 2.58 bits per heavy atom. The SMILES string of the molecule is CC(C)(C)OC(=O)N1CCCCC1c1ccccc1-c1cn(C2CC(CN)C2)nc1C1CC1. The van der Waals surface area contributed by atoms with Gasteiger partial charge in [-0.1, -0.05) is 24.3 Å². The molecule has 0 radical (unpaired) electrons. The number of aromatic nitrogens is 2. The Bertz CT molecular complexity index is 998. The van der Waals surface area contributed by atoms with Crippen molar-refractivity contribution in [2.24, 2.45) is 11.7 Å². The van der Waals surface area contributed by atoms with E-state index in [4.69, 9.17) is 15.6 Å². The van der Waals surface area contributed by atoms with Crippen molar-refractivity contribution in [3.63, 3.8) is 0 Å². The van der Waals surface area contributed by atoms with Crippen LogP contribution in [-0.2, 0) is 4.74 Å². The van der Waals surface area contributed by atoms with Crippen LogP contribution < -0.4 is 5.73 Å². The zero-order chi connectivity index (χ0) is 23.2. The summed E-state index contributed by atoms with van der Waals surface area (Å²) >= 11 is 0. The summed E-state index contributed by atoms with van der Waals surface area (Å²) < 4.78 is 7.99. The molecule has 0 spiro atoms. The van der Waals surface area contributed by atoms with Crippen LogP contribution in [0, 0.1) is 5.92 Å². The predicted octanol–water partition coefficient (Wildman–Crippen LogP) is 5.80. The largest absolute Gasteiger partial charge is 0.444 e. The molecule has 3 aliphatic rings. The standard InChI is InChI=1S/C27H38N4O2/c1-27(2,3)33-26(32)30-13-7-6-10-24(30)22-9-5-4-8-21(22)23-17-31(20-14-18(15-20)16-28)29-25(23)19-11-12-19/h4-5,8-9,17-20,24H,6-7,10-16,28H2,1-3H3. The molecule has 1 atom stereocenters. The minimum Gasteiger partial charge on any atom is -0.444 e. The predicted molar refractivity (Wildman–Crippen MR) is 130 cm³/mol. The van der Waals surface area contributed by atoms with Gasteiger partial charge in [-0.2, -0.15) is 5.10 Å². The van der Waals surface area contributed by atoms with E-state index in [2.05, 4.69) is 35.1 Å². The van der Waals surface area contributed by atoms with Crippen molar-refractivity contribution in [1.82, 2.24) is 14.7 Å². The number of carbonyl (C=O) groups is 1. The molecular weight excluding hydrogens is 412 g/mol. The summed E-state index contributed by atoms with van der Waals surface area (Å²) in [7, 11) is 0. The maximum Gasteiger partial charge on any atom is 0.410 e. The van der Waals surface area contributed by atoms with Gasteiger partial charge in [-0.3, -0.25) is 4.68 Å². The number of nitrogens with zero attached hydrogens (tertiary/aromatic N) is 3. The summed E-state index contributed by atoms with van der Waals surface area (Å²) in [6, 6.07) is 9.12. The number of hydrogen-bond donors (Lipinski definition) is 1. The van der Waals surface area contributed by atoms with Crippen molar-refractivity contribution in [3.8, 4) is 11.1 Å². The molecule has 3 fully saturated rings. The maximum absolute atomic E-state index is 13.1.